The van der Waals surface area contributed by atoms with Crippen LogP contribution in [0.15, 0.2) is 83.9 Å². The summed E-state index contributed by atoms with van der Waals surface area (Å²) in [6.45, 7) is 2.57. The number of H-pyrrole nitrogens is 1. The maximum atomic E-state index is 13.7. The van der Waals surface area contributed by atoms with Crippen molar-refractivity contribution in [1.29, 1.82) is 0 Å². The molecule has 0 saturated carbocycles. The highest BCUT2D eigenvalue weighted by Gasteiger charge is 2.34. The molecule has 1 amide bonds. The van der Waals surface area contributed by atoms with Gasteiger partial charge in [-0.15, -0.1) is 0 Å². The third-order valence-electron chi connectivity index (χ3n) is 7.01. The van der Waals surface area contributed by atoms with Crippen LogP contribution in [0.25, 0.3) is 10.9 Å². The molecule has 0 atom stereocenters. The minimum atomic E-state index is -4.77. The number of benzene rings is 3. The largest absolute Gasteiger partial charge is 0.416 e. The molecule has 4 rings (SSSR count). The molecule has 1 aromatic heterocycles. The van der Waals surface area contributed by atoms with E-state index in [0.717, 1.165) is 51.1 Å². The number of aromatic amines is 1. The van der Waals surface area contributed by atoms with Gasteiger partial charge in [0.2, 0.25) is 15.9 Å². The van der Waals surface area contributed by atoms with Crippen molar-refractivity contribution in [2.45, 2.75) is 44.1 Å². The Bertz CT molecular complexity index is 1700. The van der Waals surface area contributed by atoms with E-state index in [0.29, 0.717) is 18.1 Å². The van der Waals surface area contributed by atoms with Gasteiger partial charge < -0.3 is 9.88 Å². The highest BCUT2D eigenvalue weighted by Crippen LogP contribution is 2.32. The molecule has 0 spiro atoms. The van der Waals surface area contributed by atoms with Crippen molar-refractivity contribution in [1.82, 2.24) is 14.2 Å². The average molecular weight is 640 g/mol. The van der Waals surface area contributed by atoms with Crippen LogP contribution in [-0.4, -0.2) is 48.1 Å². The molecule has 1 N–H and O–H groups in total. The molecular formula is C31H31F6N3O3S. The topological polar surface area (TPSA) is 73.5 Å². The van der Waals surface area contributed by atoms with E-state index in [2.05, 4.69) is 4.98 Å². The minimum absolute atomic E-state index is 0.0980. The summed E-state index contributed by atoms with van der Waals surface area (Å²) in [4.78, 5) is 17.6. The summed E-state index contributed by atoms with van der Waals surface area (Å²) in [6, 6.07) is 15.1. The lowest BCUT2D eigenvalue weighted by atomic mass is 10.1. The van der Waals surface area contributed by atoms with E-state index >= 15 is 0 Å². The number of rotatable bonds is 11. The van der Waals surface area contributed by atoms with E-state index < -0.39 is 50.9 Å². The summed E-state index contributed by atoms with van der Waals surface area (Å²) in [7, 11) is -4.53. The van der Waals surface area contributed by atoms with E-state index in [9.17, 15) is 39.6 Å². The van der Waals surface area contributed by atoms with E-state index in [-0.39, 0.29) is 25.6 Å². The number of hydrogen-bond acceptors (Lipinski definition) is 3. The molecular weight excluding hydrogens is 608 g/mol. The van der Waals surface area contributed by atoms with E-state index in [1.54, 1.807) is 20.0 Å². The first-order valence-electron chi connectivity index (χ1n) is 13.7. The number of aromatic nitrogens is 1. The Labute approximate surface area is 251 Å². The second-order valence-corrected chi connectivity index (χ2v) is 12.8. The summed E-state index contributed by atoms with van der Waals surface area (Å²) in [5.74, 6) is -0.932. The average Bonchev–Trinajstić information content (AvgIpc) is 3.37. The lowest BCUT2D eigenvalue weighted by molar-refractivity contribution is -0.138. The zero-order valence-corrected chi connectivity index (χ0v) is 24.7. The van der Waals surface area contributed by atoms with E-state index in [4.69, 9.17) is 0 Å². The molecule has 13 heteroatoms. The first-order chi connectivity index (χ1) is 20.6. The smallest absolute Gasteiger partial charge is 0.361 e. The first kappa shape index (κ1) is 33.1. The van der Waals surface area contributed by atoms with Gasteiger partial charge in [0, 0.05) is 36.7 Å². The quantitative estimate of drug-likeness (QED) is 0.178. The molecule has 3 aromatic carbocycles. The number of para-hydroxylation sites is 1. The van der Waals surface area contributed by atoms with Crippen LogP contribution in [-0.2, 0) is 40.1 Å². The Morgan fingerprint density at radius 1 is 0.864 bits per heavy atom. The Balaban J connectivity index is 1.63. The molecule has 4 aromatic rings. The molecule has 0 aliphatic rings. The molecule has 44 heavy (non-hydrogen) atoms. The van der Waals surface area contributed by atoms with Crippen LogP contribution in [0.2, 0.25) is 0 Å². The van der Waals surface area contributed by atoms with Crippen LogP contribution < -0.4 is 0 Å². The second-order valence-electron chi connectivity index (χ2n) is 10.8. The number of hydrogen-bond donors (Lipinski definition) is 1. The van der Waals surface area contributed by atoms with Gasteiger partial charge in [-0.25, -0.2) is 8.42 Å². The summed E-state index contributed by atoms with van der Waals surface area (Å²) in [5, 5.41) is 0.919. The normalized spacial score (nSPS) is 12.8. The Morgan fingerprint density at radius 2 is 1.52 bits per heavy atom. The zero-order valence-electron chi connectivity index (χ0n) is 23.9. The molecule has 1 heterocycles. The van der Waals surface area contributed by atoms with Gasteiger partial charge in [-0.05, 0) is 59.9 Å². The monoisotopic (exact) mass is 639 g/mol. The van der Waals surface area contributed by atoms with Crippen molar-refractivity contribution < 1.29 is 39.6 Å². The molecule has 0 unspecified atom stereocenters. The minimum Gasteiger partial charge on any atom is -0.361 e. The van der Waals surface area contributed by atoms with Crippen molar-refractivity contribution in [3.63, 3.8) is 0 Å². The number of sulfonamides is 1. The Morgan fingerprint density at radius 3 is 2.16 bits per heavy atom. The predicted molar refractivity (Wildman–Crippen MR) is 154 cm³/mol. The maximum Gasteiger partial charge on any atom is 0.416 e. The van der Waals surface area contributed by atoms with Gasteiger partial charge >= 0.3 is 12.4 Å². The molecule has 0 saturated heterocycles. The van der Waals surface area contributed by atoms with Crippen molar-refractivity contribution in [2.24, 2.45) is 5.92 Å². The number of nitrogens with one attached hydrogen (secondary N) is 1. The molecule has 0 radical (unpaired) electrons. The summed E-state index contributed by atoms with van der Waals surface area (Å²) in [5.41, 5.74) is 0.145. The van der Waals surface area contributed by atoms with Crippen LogP contribution in [0.1, 0.15) is 36.1 Å². The highest BCUT2D eigenvalue weighted by atomic mass is 32.2. The second kappa shape index (κ2) is 13.0. The Hall–Kier alpha value is -3.84. The number of fused-ring (bicyclic) bond motifs is 1. The summed E-state index contributed by atoms with van der Waals surface area (Å²) >= 11 is 0. The Kier molecular flexibility index (Phi) is 9.79. The van der Waals surface area contributed by atoms with Gasteiger partial charge in [-0.3, -0.25) is 4.79 Å². The van der Waals surface area contributed by atoms with E-state index in [1.165, 1.54) is 17.0 Å². The van der Waals surface area contributed by atoms with Crippen LogP contribution >= 0.6 is 0 Å². The van der Waals surface area contributed by atoms with Gasteiger partial charge in [0.1, 0.15) is 0 Å². The van der Waals surface area contributed by atoms with Crippen LogP contribution in [0.3, 0.4) is 0 Å². The van der Waals surface area contributed by atoms with Crippen LogP contribution in [0, 0.1) is 5.92 Å². The molecule has 0 aliphatic heterocycles. The van der Waals surface area contributed by atoms with Crippen LogP contribution in [0.4, 0.5) is 26.3 Å². The number of carbonyl (C=O) groups excluding carboxylic acids is 1. The fourth-order valence-corrected chi connectivity index (χ4v) is 6.39. The molecule has 6 nitrogen and oxygen atoms in total. The number of amides is 1. The molecule has 0 aliphatic carbocycles. The fraction of sp³-hybridized carbons (Fsp3) is 0.323. The zero-order chi connectivity index (χ0) is 32.3. The first-order valence-corrected chi connectivity index (χ1v) is 15.2. The van der Waals surface area contributed by atoms with E-state index in [1.807, 2.05) is 24.3 Å². The summed E-state index contributed by atoms with van der Waals surface area (Å²) in [6.07, 6.45) is -7.18. The molecule has 0 fully saturated rings. The van der Waals surface area contributed by atoms with Gasteiger partial charge in [0.05, 0.1) is 22.6 Å². The SMILES string of the molecule is CC(C)CN(CC(=O)N(CCc1c[nH]c2ccccc12)Cc1ccc(C(F)(F)F)cc1)S(=O)(=O)c1cccc(C(F)(F)F)c1. The number of nitrogens with zero attached hydrogens (tertiary/aromatic N) is 2. The summed E-state index contributed by atoms with van der Waals surface area (Å²) < 4.78 is 107. The van der Waals surface area contributed by atoms with Crippen molar-refractivity contribution >= 4 is 26.8 Å². The third kappa shape index (κ3) is 8.00. The van der Waals surface area contributed by atoms with Gasteiger partial charge in [0.25, 0.3) is 0 Å². The predicted octanol–water partition coefficient (Wildman–Crippen LogP) is 7.12. The standard InChI is InChI=1S/C31H31F6N3O3S/c1-21(2)18-40(44(42,43)26-7-5-6-25(16-26)31(35,36)37)20-29(41)39(19-22-10-12-24(13-11-22)30(32,33)34)15-14-23-17-38-28-9-4-3-8-27(23)28/h3-13,16-17,21,38H,14-15,18-20H2,1-2H3. The van der Waals surface area contributed by atoms with Gasteiger partial charge in [-0.2, -0.15) is 30.6 Å². The number of alkyl halides is 6. The fourth-order valence-electron chi connectivity index (χ4n) is 4.79. The maximum absolute atomic E-state index is 13.7. The molecule has 236 valence electrons. The van der Waals surface area contributed by atoms with Crippen molar-refractivity contribution in [2.75, 3.05) is 19.6 Å². The number of halogens is 6. The third-order valence-corrected chi connectivity index (χ3v) is 8.82. The van der Waals surface area contributed by atoms with Gasteiger partial charge in [-0.1, -0.05) is 50.2 Å². The lowest BCUT2D eigenvalue weighted by Gasteiger charge is -2.28. The number of carbonyl (C=O) groups is 1. The van der Waals surface area contributed by atoms with Crippen molar-refractivity contribution in [3.8, 4) is 0 Å². The lowest BCUT2D eigenvalue weighted by Crippen LogP contribution is -2.44. The van der Waals surface area contributed by atoms with Crippen LogP contribution in [0.5, 0.6) is 0 Å². The highest BCUT2D eigenvalue weighted by molar-refractivity contribution is 7.89. The molecule has 0 bridgehead atoms. The van der Waals surface area contributed by atoms with Crippen molar-refractivity contribution in [3.05, 3.63) is 101 Å². The van der Waals surface area contributed by atoms with Gasteiger partial charge in [0.15, 0.2) is 0 Å².